The van der Waals surface area contributed by atoms with Crippen molar-refractivity contribution < 1.29 is 18.7 Å². The van der Waals surface area contributed by atoms with Crippen LogP contribution in [0.1, 0.15) is 39.6 Å². The van der Waals surface area contributed by atoms with E-state index in [2.05, 4.69) is 15.6 Å². The number of halogens is 2. The number of methoxy groups -OCH3 is 1. The number of ether oxygens (including phenoxy) is 1. The molecule has 7 nitrogen and oxygen atoms in total. The highest BCUT2D eigenvalue weighted by Gasteiger charge is 2.27. The first-order chi connectivity index (χ1) is 13.0. The van der Waals surface area contributed by atoms with Gasteiger partial charge in [-0.05, 0) is 37.5 Å². The molecule has 0 saturated carbocycles. The van der Waals surface area contributed by atoms with Crippen molar-refractivity contribution in [2.75, 3.05) is 25.6 Å². The van der Waals surface area contributed by atoms with Gasteiger partial charge in [0.05, 0.1) is 17.3 Å². The monoisotopic (exact) mass is 394 g/mol. The smallest absolute Gasteiger partial charge is 0.287 e. The van der Waals surface area contributed by atoms with Gasteiger partial charge >= 0.3 is 0 Å². The fourth-order valence-electron chi connectivity index (χ4n) is 3.01. The van der Waals surface area contributed by atoms with Gasteiger partial charge in [0.25, 0.3) is 11.8 Å². The van der Waals surface area contributed by atoms with Crippen LogP contribution in [-0.2, 0) is 17.7 Å². The van der Waals surface area contributed by atoms with E-state index in [1.54, 1.807) is 11.7 Å². The molecule has 1 aromatic carbocycles. The molecule has 3 rings (SSSR count). The second-order valence-electron chi connectivity index (χ2n) is 6.17. The summed E-state index contributed by atoms with van der Waals surface area (Å²) in [6.07, 6.45) is 2.49. The van der Waals surface area contributed by atoms with Crippen molar-refractivity contribution in [2.45, 2.75) is 25.8 Å². The van der Waals surface area contributed by atoms with Gasteiger partial charge in [-0.3, -0.25) is 9.59 Å². The SMILES string of the molecule is COCCNC(=O)c1nc(C(=O)Nc2ccc(F)c(Cl)c2)c2n1CCCC2. The molecule has 0 fully saturated rings. The van der Waals surface area contributed by atoms with E-state index in [0.29, 0.717) is 31.8 Å². The van der Waals surface area contributed by atoms with Crippen LogP contribution in [0.5, 0.6) is 0 Å². The number of fused-ring (bicyclic) bond motifs is 1. The number of hydrogen-bond donors (Lipinski definition) is 2. The molecule has 0 unspecified atom stereocenters. The minimum Gasteiger partial charge on any atom is -0.383 e. The van der Waals surface area contributed by atoms with E-state index in [0.717, 1.165) is 18.5 Å². The number of aromatic nitrogens is 2. The molecule has 0 bridgehead atoms. The molecule has 9 heteroatoms. The Bertz CT molecular complexity index is 869. The Morgan fingerprint density at radius 1 is 1.33 bits per heavy atom. The van der Waals surface area contributed by atoms with Gasteiger partial charge < -0.3 is 19.9 Å². The van der Waals surface area contributed by atoms with Gasteiger partial charge in [-0.25, -0.2) is 9.37 Å². The van der Waals surface area contributed by atoms with Gasteiger partial charge in [0.2, 0.25) is 0 Å². The lowest BCUT2D eigenvalue weighted by atomic mass is 10.1. The Kier molecular flexibility index (Phi) is 6.08. The first-order valence-corrected chi connectivity index (χ1v) is 9.02. The van der Waals surface area contributed by atoms with Crippen molar-refractivity contribution >= 4 is 29.1 Å². The molecule has 0 radical (unpaired) electrons. The van der Waals surface area contributed by atoms with Gasteiger partial charge in [-0.15, -0.1) is 0 Å². The number of nitrogens with zero attached hydrogens (tertiary/aromatic N) is 2. The number of anilines is 1. The molecule has 2 amide bonds. The van der Waals surface area contributed by atoms with Crippen LogP contribution in [0.2, 0.25) is 5.02 Å². The minimum absolute atomic E-state index is 0.0853. The summed E-state index contributed by atoms with van der Waals surface area (Å²) in [5, 5.41) is 5.31. The molecule has 2 aromatic rings. The van der Waals surface area contributed by atoms with Crippen LogP contribution < -0.4 is 10.6 Å². The van der Waals surface area contributed by atoms with Crippen molar-refractivity contribution in [3.63, 3.8) is 0 Å². The summed E-state index contributed by atoms with van der Waals surface area (Å²) >= 11 is 5.76. The van der Waals surface area contributed by atoms with Crippen molar-refractivity contribution in [1.29, 1.82) is 0 Å². The Morgan fingerprint density at radius 2 is 2.15 bits per heavy atom. The van der Waals surface area contributed by atoms with Crippen LogP contribution in [0.4, 0.5) is 10.1 Å². The highest BCUT2D eigenvalue weighted by Crippen LogP contribution is 2.23. The summed E-state index contributed by atoms with van der Waals surface area (Å²) in [4.78, 5) is 29.4. The molecule has 144 valence electrons. The lowest BCUT2D eigenvalue weighted by molar-refractivity contribution is 0.0921. The standard InChI is InChI=1S/C18H20ClFN4O3/c1-27-9-7-21-18(26)16-23-15(14-4-2-3-8-24(14)16)17(25)22-11-5-6-13(20)12(19)10-11/h5-6,10H,2-4,7-9H2,1H3,(H,21,26)(H,22,25). The third-order valence-corrected chi connectivity index (χ3v) is 4.59. The highest BCUT2D eigenvalue weighted by atomic mass is 35.5. The summed E-state index contributed by atoms with van der Waals surface area (Å²) in [5.41, 5.74) is 1.28. The number of hydrogen-bond acceptors (Lipinski definition) is 4. The summed E-state index contributed by atoms with van der Waals surface area (Å²) in [6, 6.07) is 3.92. The van der Waals surface area contributed by atoms with Gasteiger partial charge in [0, 0.05) is 25.9 Å². The Morgan fingerprint density at radius 3 is 2.89 bits per heavy atom. The molecule has 27 heavy (non-hydrogen) atoms. The maximum Gasteiger partial charge on any atom is 0.287 e. The van der Waals surface area contributed by atoms with E-state index in [-0.39, 0.29) is 22.4 Å². The number of carbonyl (C=O) groups is 2. The molecular formula is C18H20ClFN4O3. The predicted octanol–water partition coefficient (Wildman–Crippen LogP) is 2.64. The molecule has 0 aliphatic carbocycles. The Balaban J connectivity index is 1.85. The van der Waals surface area contributed by atoms with E-state index in [1.807, 2.05) is 0 Å². The fourth-order valence-corrected chi connectivity index (χ4v) is 3.19. The van der Waals surface area contributed by atoms with Gasteiger partial charge in [0.1, 0.15) is 5.82 Å². The maximum atomic E-state index is 13.3. The number of nitrogens with one attached hydrogen (secondary N) is 2. The maximum absolute atomic E-state index is 13.3. The molecule has 0 atom stereocenters. The molecule has 0 spiro atoms. The second kappa shape index (κ2) is 8.49. The largest absolute Gasteiger partial charge is 0.383 e. The van der Waals surface area contributed by atoms with Crippen molar-refractivity contribution in [3.05, 3.63) is 46.3 Å². The Labute approximate surface area is 160 Å². The zero-order chi connectivity index (χ0) is 19.4. The van der Waals surface area contributed by atoms with Crippen molar-refractivity contribution in [3.8, 4) is 0 Å². The average Bonchev–Trinajstić information content (AvgIpc) is 3.05. The molecule has 0 saturated heterocycles. The first kappa shape index (κ1) is 19.3. The van der Waals surface area contributed by atoms with Crippen molar-refractivity contribution in [1.82, 2.24) is 14.9 Å². The van der Waals surface area contributed by atoms with E-state index in [4.69, 9.17) is 16.3 Å². The second-order valence-corrected chi connectivity index (χ2v) is 6.58. The topological polar surface area (TPSA) is 85.2 Å². The van der Waals surface area contributed by atoms with E-state index in [1.165, 1.54) is 18.2 Å². The third kappa shape index (κ3) is 4.28. The van der Waals surface area contributed by atoms with Crippen molar-refractivity contribution in [2.24, 2.45) is 0 Å². The first-order valence-electron chi connectivity index (χ1n) is 8.64. The van der Waals surface area contributed by atoms with Crippen LogP contribution in [0.25, 0.3) is 0 Å². The zero-order valence-corrected chi connectivity index (χ0v) is 15.6. The van der Waals surface area contributed by atoms with Gasteiger partial charge in [-0.1, -0.05) is 11.6 Å². The molecular weight excluding hydrogens is 375 g/mol. The lowest BCUT2D eigenvalue weighted by Crippen LogP contribution is -2.30. The number of amides is 2. The molecule has 1 aliphatic rings. The number of carbonyl (C=O) groups excluding carboxylic acids is 2. The zero-order valence-electron chi connectivity index (χ0n) is 14.8. The minimum atomic E-state index is -0.566. The summed E-state index contributed by atoms with van der Waals surface area (Å²) in [5.74, 6) is -1.16. The summed E-state index contributed by atoms with van der Waals surface area (Å²) in [7, 11) is 1.55. The fraction of sp³-hybridized carbons (Fsp3) is 0.389. The van der Waals surface area contributed by atoms with Gasteiger partial charge in [0.15, 0.2) is 11.5 Å². The normalized spacial score (nSPS) is 13.1. The highest BCUT2D eigenvalue weighted by molar-refractivity contribution is 6.31. The average molecular weight is 395 g/mol. The van der Waals surface area contributed by atoms with Crippen LogP contribution in [0.15, 0.2) is 18.2 Å². The summed E-state index contributed by atoms with van der Waals surface area (Å²) < 4.78 is 20.0. The van der Waals surface area contributed by atoms with Crippen LogP contribution in [0.3, 0.4) is 0 Å². The quantitative estimate of drug-likeness (QED) is 0.737. The molecule has 1 aromatic heterocycles. The molecule has 2 heterocycles. The number of imidazole rings is 1. The van der Waals surface area contributed by atoms with Gasteiger partial charge in [-0.2, -0.15) is 0 Å². The van der Waals surface area contributed by atoms with E-state index >= 15 is 0 Å². The Hall–Kier alpha value is -2.45. The molecule has 2 N–H and O–H groups in total. The summed E-state index contributed by atoms with van der Waals surface area (Å²) in [6.45, 7) is 1.37. The number of benzene rings is 1. The number of rotatable bonds is 6. The van der Waals surface area contributed by atoms with Crippen LogP contribution in [-0.4, -0.2) is 41.6 Å². The van der Waals surface area contributed by atoms with E-state index in [9.17, 15) is 14.0 Å². The predicted molar refractivity (Wildman–Crippen MR) is 98.7 cm³/mol. The molecule has 1 aliphatic heterocycles. The van der Waals surface area contributed by atoms with Crippen LogP contribution in [0, 0.1) is 5.82 Å². The lowest BCUT2D eigenvalue weighted by Gasteiger charge is -2.17. The third-order valence-electron chi connectivity index (χ3n) is 4.31. The van der Waals surface area contributed by atoms with E-state index < -0.39 is 11.7 Å². The van der Waals surface area contributed by atoms with Crippen LogP contribution >= 0.6 is 11.6 Å².